The van der Waals surface area contributed by atoms with E-state index in [0.29, 0.717) is 29.8 Å². The van der Waals surface area contributed by atoms with E-state index < -0.39 is 5.97 Å². The molecule has 0 amide bonds. The van der Waals surface area contributed by atoms with Gasteiger partial charge in [0.05, 0.1) is 19.3 Å². The van der Waals surface area contributed by atoms with Crippen LogP contribution in [-0.2, 0) is 9.47 Å². The number of rotatable bonds is 5. The predicted octanol–water partition coefficient (Wildman–Crippen LogP) is 1.74. The number of aromatic nitrogens is 1. The summed E-state index contributed by atoms with van der Waals surface area (Å²) in [7, 11) is 5.10. The first-order valence-electron chi connectivity index (χ1n) is 7.08. The van der Waals surface area contributed by atoms with Crippen LogP contribution in [0.4, 0.5) is 5.82 Å². The van der Waals surface area contributed by atoms with Crippen LogP contribution in [0.2, 0.25) is 0 Å². The minimum absolute atomic E-state index is 0.392. The fourth-order valence-electron chi connectivity index (χ4n) is 2.15. The number of pyridine rings is 1. The molecule has 6 heteroatoms. The smallest absolute Gasteiger partial charge is 0.338 e. The van der Waals surface area contributed by atoms with Crippen molar-refractivity contribution in [3.05, 3.63) is 17.7 Å². The lowest BCUT2D eigenvalue weighted by atomic mass is 10.0. The van der Waals surface area contributed by atoms with Gasteiger partial charge in [0.2, 0.25) is 5.88 Å². The average molecular weight is 294 g/mol. The molecule has 0 unspecified atom stereocenters. The molecule has 1 fully saturated rings. The number of hydrogen-bond acceptors (Lipinski definition) is 6. The highest BCUT2D eigenvalue weighted by molar-refractivity contribution is 5.90. The van der Waals surface area contributed by atoms with E-state index in [1.54, 1.807) is 12.1 Å². The summed E-state index contributed by atoms with van der Waals surface area (Å²) in [6.45, 7) is 2.16. The molecule has 21 heavy (non-hydrogen) atoms. The highest BCUT2D eigenvalue weighted by Crippen LogP contribution is 2.21. The van der Waals surface area contributed by atoms with Crippen molar-refractivity contribution in [1.29, 1.82) is 0 Å². The quantitative estimate of drug-likeness (QED) is 0.771. The zero-order valence-electron chi connectivity index (χ0n) is 12.8. The Kier molecular flexibility index (Phi) is 5.38. The van der Waals surface area contributed by atoms with E-state index in [2.05, 4.69) is 4.98 Å². The molecule has 0 aromatic carbocycles. The number of ether oxygens (including phenoxy) is 3. The van der Waals surface area contributed by atoms with Crippen molar-refractivity contribution in [2.45, 2.75) is 12.8 Å². The molecule has 2 heterocycles. The highest BCUT2D eigenvalue weighted by atomic mass is 16.5. The topological polar surface area (TPSA) is 60.9 Å². The number of methoxy groups -OCH3 is 1. The van der Waals surface area contributed by atoms with Gasteiger partial charge < -0.3 is 19.1 Å². The first-order chi connectivity index (χ1) is 10.1. The van der Waals surface area contributed by atoms with E-state index in [9.17, 15) is 4.79 Å². The van der Waals surface area contributed by atoms with E-state index in [0.717, 1.165) is 26.1 Å². The van der Waals surface area contributed by atoms with Crippen LogP contribution in [0.3, 0.4) is 0 Å². The maximum Gasteiger partial charge on any atom is 0.338 e. The second kappa shape index (κ2) is 7.26. The number of anilines is 1. The van der Waals surface area contributed by atoms with Gasteiger partial charge in [-0.1, -0.05) is 0 Å². The first-order valence-corrected chi connectivity index (χ1v) is 7.08. The second-order valence-corrected chi connectivity index (χ2v) is 5.31. The van der Waals surface area contributed by atoms with Gasteiger partial charge in [0.15, 0.2) is 0 Å². The van der Waals surface area contributed by atoms with Gasteiger partial charge in [0.25, 0.3) is 0 Å². The Morgan fingerprint density at radius 1 is 1.38 bits per heavy atom. The average Bonchev–Trinajstić information content (AvgIpc) is 2.52. The Labute approximate surface area is 125 Å². The van der Waals surface area contributed by atoms with Crippen LogP contribution in [0, 0.1) is 5.92 Å². The lowest BCUT2D eigenvalue weighted by Gasteiger charge is -2.22. The van der Waals surface area contributed by atoms with Gasteiger partial charge >= 0.3 is 5.97 Å². The Morgan fingerprint density at radius 2 is 2.10 bits per heavy atom. The normalized spacial score (nSPS) is 15.6. The molecule has 0 atom stereocenters. The molecule has 1 saturated heterocycles. The van der Waals surface area contributed by atoms with Gasteiger partial charge in [-0.2, -0.15) is 4.98 Å². The number of esters is 1. The molecule has 1 aliphatic heterocycles. The molecule has 0 radical (unpaired) electrons. The number of hydrogen-bond donors (Lipinski definition) is 0. The highest BCUT2D eigenvalue weighted by Gasteiger charge is 2.16. The predicted molar refractivity (Wildman–Crippen MR) is 78.9 cm³/mol. The molecular formula is C15H22N2O4. The molecule has 0 bridgehead atoms. The lowest BCUT2D eigenvalue weighted by Crippen LogP contribution is -2.22. The van der Waals surface area contributed by atoms with E-state index in [-0.39, 0.29) is 0 Å². The molecule has 0 saturated carbocycles. The summed E-state index contributed by atoms with van der Waals surface area (Å²) in [5.74, 6) is 1.20. The Balaban J connectivity index is 2.09. The van der Waals surface area contributed by atoms with Crippen molar-refractivity contribution in [1.82, 2.24) is 4.98 Å². The fraction of sp³-hybridized carbons (Fsp3) is 0.600. The third kappa shape index (κ3) is 4.32. The van der Waals surface area contributed by atoms with Crippen molar-refractivity contribution in [3.63, 3.8) is 0 Å². The molecule has 0 aliphatic carbocycles. The third-order valence-corrected chi connectivity index (χ3v) is 3.48. The summed E-state index contributed by atoms with van der Waals surface area (Å²) in [6, 6.07) is 3.31. The molecule has 1 aliphatic rings. The molecule has 1 aromatic rings. The van der Waals surface area contributed by atoms with Crippen molar-refractivity contribution in [3.8, 4) is 5.88 Å². The second-order valence-electron chi connectivity index (χ2n) is 5.31. The van der Waals surface area contributed by atoms with Crippen LogP contribution in [0.15, 0.2) is 12.1 Å². The number of carbonyl (C=O) groups excluding carboxylic acids is 1. The molecular weight excluding hydrogens is 272 g/mol. The van der Waals surface area contributed by atoms with Crippen molar-refractivity contribution in [2.75, 3.05) is 45.9 Å². The van der Waals surface area contributed by atoms with Gasteiger partial charge in [-0.3, -0.25) is 0 Å². The standard InChI is InChI=1S/C15H22N2O4/c1-17(2)13-8-12(15(18)19-3)9-14(16-13)21-10-11-4-6-20-7-5-11/h8-9,11H,4-7,10H2,1-3H3. The van der Waals surface area contributed by atoms with Crippen LogP contribution in [0.1, 0.15) is 23.2 Å². The Hall–Kier alpha value is -1.82. The molecule has 2 rings (SSSR count). The summed E-state index contributed by atoms with van der Waals surface area (Å²) in [5.41, 5.74) is 0.443. The van der Waals surface area contributed by atoms with E-state index in [1.165, 1.54) is 7.11 Å². The zero-order valence-corrected chi connectivity index (χ0v) is 12.8. The number of nitrogens with zero attached hydrogens (tertiary/aromatic N) is 2. The van der Waals surface area contributed by atoms with Crippen molar-refractivity contribution in [2.24, 2.45) is 5.92 Å². The molecule has 0 N–H and O–H groups in total. The Morgan fingerprint density at radius 3 is 2.71 bits per heavy atom. The van der Waals surface area contributed by atoms with Crippen LogP contribution in [0.25, 0.3) is 0 Å². The van der Waals surface area contributed by atoms with Gasteiger partial charge in [-0.05, 0) is 24.8 Å². The Bertz CT molecular complexity index is 485. The summed E-state index contributed by atoms with van der Waals surface area (Å²) in [6.07, 6.45) is 1.99. The fourth-order valence-corrected chi connectivity index (χ4v) is 2.15. The van der Waals surface area contributed by atoms with E-state index in [1.807, 2.05) is 19.0 Å². The SMILES string of the molecule is COC(=O)c1cc(OCC2CCOCC2)nc(N(C)C)c1. The van der Waals surface area contributed by atoms with E-state index >= 15 is 0 Å². The molecule has 116 valence electrons. The summed E-state index contributed by atoms with van der Waals surface area (Å²) in [5, 5.41) is 0. The van der Waals surface area contributed by atoms with Gasteiger partial charge in [0, 0.05) is 33.4 Å². The third-order valence-electron chi connectivity index (χ3n) is 3.48. The summed E-state index contributed by atoms with van der Waals surface area (Å²) < 4.78 is 15.9. The first kappa shape index (κ1) is 15.6. The maximum atomic E-state index is 11.7. The molecule has 6 nitrogen and oxygen atoms in total. The van der Waals surface area contributed by atoms with Crippen molar-refractivity contribution >= 4 is 11.8 Å². The maximum absolute atomic E-state index is 11.7. The minimum atomic E-state index is -0.392. The van der Waals surface area contributed by atoms with Crippen molar-refractivity contribution < 1.29 is 19.0 Å². The molecule has 0 spiro atoms. The van der Waals surface area contributed by atoms with E-state index in [4.69, 9.17) is 14.2 Å². The lowest BCUT2D eigenvalue weighted by molar-refractivity contribution is 0.0489. The number of carbonyl (C=O) groups is 1. The van der Waals surface area contributed by atoms with Crippen LogP contribution in [-0.4, -0.2) is 52.0 Å². The van der Waals surface area contributed by atoms with Crippen LogP contribution in [0.5, 0.6) is 5.88 Å². The van der Waals surface area contributed by atoms with Gasteiger partial charge in [0.1, 0.15) is 5.82 Å². The van der Waals surface area contributed by atoms with Gasteiger partial charge in [-0.25, -0.2) is 4.79 Å². The van der Waals surface area contributed by atoms with Gasteiger partial charge in [-0.15, -0.1) is 0 Å². The summed E-state index contributed by atoms with van der Waals surface area (Å²) in [4.78, 5) is 17.9. The minimum Gasteiger partial charge on any atom is -0.477 e. The van der Waals surface area contributed by atoms with Crippen LogP contribution < -0.4 is 9.64 Å². The van der Waals surface area contributed by atoms with Crippen LogP contribution >= 0.6 is 0 Å². The molecule has 1 aromatic heterocycles. The largest absolute Gasteiger partial charge is 0.477 e. The zero-order chi connectivity index (χ0) is 15.2. The monoisotopic (exact) mass is 294 g/mol. The summed E-state index contributed by atoms with van der Waals surface area (Å²) >= 11 is 0.